The fraction of sp³-hybridized carbons (Fsp3) is 0.500. The van der Waals surface area contributed by atoms with E-state index in [2.05, 4.69) is 0 Å². The molecule has 1 amide bonds. The molecule has 1 atom stereocenters. The second-order valence-corrected chi connectivity index (χ2v) is 5.20. The van der Waals surface area contributed by atoms with Gasteiger partial charge in [0.15, 0.2) is 11.6 Å². The molecule has 1 fully saturated rings. The summed E-state index contributed by atoms with van der Waals surface area (Å²) in [5.41, 5.74) is 6.46. The quantitative estimate of drug-likeness (QED) is 0.888. The Morgan fingerprint density at radius 1 is 1.42 bits per heavy atom. The number of amides is 1. The second kappa shape index (κ2) is 5.65. The second-order valence-electron chi connectivity index (χ2n) is 5.20. The van der Waals surface area contributed by atoms with Crippen molar-refractivity contribution in [2.75, 3.05) is 7.05 Å². The third-order valence-corrected chi connectivity index (χ3v) is 3.47. The lowest BCUT2D eigenvalue weighted by atomic mass is 10.1. The van der Waals surface area contributed by atoms with Gasteiger partial charge in [-0.15, -0.1) is 0 Å². The number of rotatable bonds is 5. The summed E-state index contributed by atoms with van der Waals surface area (Å²) >= 11 is 0. The number of nitrogens with two attached hydrogens (primary N) is 1. The molecule has 2 N–H and O–H groups in total. The minimum Gasteiger partial charge on any atom is -0.341 e. The molecule has 0 saturated heterocycles. The third-order valence-electron chi connectivity index (χ3n) is 3.47. The molecule has 1 aromatic carbocycles. The summed E-state index contributed by atoms with van der Waals surface area (Å²) in [7, 11) is 1.64. The number of carbonyl (C=O) groups excluding carboxylic acids is 1. The van der Waals surface area contributed by atoms with Crippen LogP contribution in [0.15, 0.2) is 18.2 Å². The van der Waals surface area contributed by atoms with Gasteiger partial charge in [-0.2, -0.15) is 0 Å². The van der Waals surface area contributed by atoms with Gasteiger partial charge in [-0.25, -0.2) is 8.78 Å². The van der Waals surface area contributed by atoms with Gasteiger partial charge in [0.05, 0.1) is 0 Å². The van der Waals surface area contributed by atoms with Crippen molar-refractivity contribution in [2.24, 2.45) is 11.7 Å². The van der Waals surface area contributed by atoms with Crippen LogP contribution in [-0.2, 0) is 11.3 Å². The maximum absolute atomic E-state index is 13.1. The minimum absolute atomic E-state index is 0.0656. The highest BCUT2D eigenvalue weighted by molar-refractivity contribution is 5.76. The van der Waals surface area contributed by atoms with E-state index < -0.39 is 11.6 Å². The van der Waals surface area contributed by atoms with E-state index in [4.69, 9.17) is 5.73 Å². The average molecular weight is 268 g/mol. The van der Waals surface area contributed by atoms with Crippen molar-refractivity contribution >= 4 is 5.91 Å². The van der Waals surface area contributed by atoms with E-state index in [9.17, 15) is 13.6 Å². The first kappa shape index (κ1) is 13.9. The van der Waals surface area contributed by atoms with E-state index in [0.717, 1.165) is 25.0 Å². The van der Waals surface area contributed by atoms with Gasteiger partial charge in [-0.3, -0.25) is 4.79 Å². The van der Waals surface area contributed by atoms with Gasteiger partial charge in [-0.1, -0.05) is 6.07 Å². The molecule has 0 bridgehead atoms. The van der Waals surface area contributed by atoms with Gasteiger partial charge in [-0.05, 0) is 36.5 Å². The first-order valence-corrected chi connectivity index (χ1v) is 6.41. The highest BCUT2D eigenvalue weighted by Crippen LogP contribution is 2.33. The highest BCUT2D eigenvalue weighted by Gasteiger charge is 2.30. The fourth-order valence-electron chi connectivity index (χ4n) is 2.05. The molecule has 2 rings (SSSR count). The maximum atomic E-state index is 13.1. The van der Waals surface area contributed by atoms with E-state index in [1.807, 2.05) is 0 Å². The van der Waals surface area contributed by atoms with Crippen LogP contribution < -0.4 is 5.73 Å². The van der Waals surface area contributed by atoms with Gasteiger partial charge in [0, 0.05) is 26.1 Å². The molecule has 1 aliphatic rings. The van der Waals surface area contributed by atoms with Crippen LogP contribution in [0.25, 0.3) is 0 Å². The molecule has 3 nitrogen and oxygen atoms in total. The van der Waals surface area contributed by atoms with Crippen LogP contribution in [0, 0.1) is 17.6 Å². The van der Waals surface area contributed by atoms with Crippen LogP contribution in [0.1, 0.15) is 24.8 Å². The first-order valence-electron chi connectivity index (χ1n) is 6.41. The van der Waals surface area contributed by atoms with Crippen LogP contribution in [0.3, 0.4) is 0 Å². The Kier molecular flexibility index (Phi) is 4.14. The molecule has 0 aliphatic heterocycles. The standard InChI is InChI=1S/C14H18F2N2O/c1-18(14(19)7-13(17)10-3-4-10)8-9-2-5-11(15)12(16)6-9/h2,5-6,10,13H,3-4,7-8,17H2,1H3. The topological polar surface area (TPSA) is 46.3 Å². The normalized spacial score (nSPS) is 16.2. The lowest BCUT2D eigenvalue weighted by molar-refractivity contribution is -0.130. The third kappa shape index (κ3) is 3.73. The molecule has 1 unspecified atom stereocenters. The summed E-state index contributed by atoms with van der Waals surface area (Å²) in [4.78, 5) is 13.4. The molecular weight excluding hydrogens is 250 g/mol. The smallest absolute Gasteiger partial charge is 0.224 e. The fourth-order valence-corrected chi connectivity index (χ4v) is 2.05. The Morgan fingerprint density at radius 2 is 2.11 bits per heavy atom. The summed E-state index contributed by atoms with van der Waals surface area (Å²) in [6, 6.07) is 3.57. The molecular formula is C14H18F2N2O. The summed E-state index contributed by atoms with van der Waals surface area (Å²) in [6.07, 6.45) is 2.51. The van der Waals surface area contributed by atoms with Crippen molar-refractivity contribution < 1.29 is 13.6 Å². The lowest BCUT2D eigenvalue weighted by Gasteiger charge is -2.19. The van der Waals surface area contributed by atoms with Crippen LogP contribution >= 0.6 is 0 Å². The predicted molar refractivity (Wildman–Crippen MR) is 68.1 cm³/mol. The maximum Gasteiger partial charge on any atom is 0.224 e. The van der Waals surface area contributed by atoms with Crippen molar-refractivity contribution in [2.45, 2.75) is 31.8 Å². The Morgan fingerprint density at radius 3 is 2.68 bits per heavy atom. The molecule has 0 radical (unpaired) electrons. The van der Waals surface area contributed by atoms with Crippen molar-refractivity contribution in [3.8, 4) is 0 Å². The lowest BCUT2D eigenvalue weighted by Crippen LogP contribution is -2.34. The van der Waals surface area contributed by atoms with E-state index >= 15 is 0 Å². The molecule has 0 spiro atoms. The SMILES string of the molecule is CN(Cc1ccc(F)c(F)c1)C(=O)CC(N)C1CC1. The summed E-state index contributed by atoms with van der Waals surface area (Å²) < 4.78 is 25.8. The van der Waals surface area contributed by atoms with Gasteiger partial charge in [0.1, 0.15) is 0 Å². The molecule has 19 heavy (non-hydrogen) atoms. The number of carbonyl (C=O) groups is 1. The van der Waals surface area contributed by atoms with Crippen LogP contribution in [0.2, 0.25) is 0 Å². The van der Waals surface area contributed by atoms with Gasteiger partial charge >= 0.3 is 0 Å². The zero-order valence-electron chi connectivity index (χ0n) is 10.9. The zero-order valence-corrected chi connectivity index (χ0v) is 10.9. The average Bonchev–Trinajstić information content (AvgIpc) is 3.17. The van der Waals surface area contributed by atoms with Crippen molar-refractivity contribution in [1.29, 1.82) is 0 Å². The Bertz CT molecular complexity index is 475. The monoisotopic (exact) mass is 268 g/mol. The minimum atomic E-state index is -0.895. The number of benzene rings is 1. The number of nitrogens with zero attached hydrogens (tertiary/aromatic N) is 1. The first-order chi connectivity index (χ1) is 8.97. The Labute approximate surface area is 111 Å². The van der Waals surface area contributed by atoms with E-state index in [0.29, 0.717) is 17.9 Å². The van der Waals surface area contributed by atoms with Crippen LogP contribution in [0.5, 0.6) is 0 Å². The Balaban J connectivity index is 1.89. The number of hydrogen-bond acceptors (Lipinski definition) is 2. The van der Waals surface area contributed by atoms with Gasteiger partial charge < -0.3 is 10.6 Å². The Hall–Kier alpha value is -1.49. The van der Waals surface area contributed by atoms with E-state index in [1.54, 1.807) is 7.05 Å². The van der Waals surface area contributed by atoms with Gasteiger partial charge in [0.2, 0.25) is 5.91 Å². The molecule has 0 aromatic heterocycles. The number of halogens is 2. The molecule has 1 aliphatic carbocycles. The molecule has 1 aromatic rings. The molecule has 104 valence electrons. The van der Waals surface area contributed by atoms with Crippen LogP contribution in [0.4, 0.5) is 8.78 Å². The zero-order chi connectivity index (χ0) is 14.0. The predicted octanol–water partition coefficient (Wildman–Crippen LogP) is 2.05. The van der Waals surface area contributed by atoms with Crippen molar-refractivity contribution in [3.05, 3.63) is 35.4 Å². The van der Waals surface area contributed by atoms with Crippen molar-refractivity contribution in [3.63, 3.8) is 0 Å². The van der Waals surface area contributed by atoms with E-state index in [1.165, 1.54) is 11.0 Å². The highest BCUT2D eigenvalue weighted by atomic mass is 19.2. The number of hydrogen-bond donors (Lipinski definition) is 1. The molecule has 5 heteroatoms. The van der Waals surface area contributed by atoms with Crippen molar-refractivity contribution in [1.82, 2.24) is 4.90 Å². The summed E-state index contributed by atoms with van der Waals surface area (Å²) in [6.45, 7) is 0.257. The van der Waals surface area contributed by atoms with E-state index in [-0.39, 0.29) is 18.5 Å². The molecule has 1 saturated carbocycles. The summed E-state index contributed by atoms with van der Waals surface area (Å²) in [5.74, 6) is -1.37. The van der Waals surface area contributed by atoms with Crippen LogP contribution in [-0.4, -0.2) is 23.9 Å². The molecule has 0 heterocycles. The van der Waals surface area contributed by atoms with Gasteiger partial charge in [0.25, 0.3) is 0 Å². The largest absolute Gasteiger partial charge is 0.341 e. The summed E-state index contributed by atoms with van der Waals surface area (Å²) in [5, 5.41) is 0.